The minimum absolute atomic E-state index is 0.841. The maximum Gasteiger partial charge on any atom is 0.173 e. The van der Waals surface area contributed by atoms with E-state index in [-0.39, 0.29) is 0 Å². The maximum atomic E-state index is 5.53. The molecule has 0 aliphatic carbocycles. The van der Waals surface area contributed by atoms with Crippen LogP contribution < -0.4 is 10.2 Å². The average molecular weight is 314 g/mol. The van der Waals surface area contributed by atoms with Crippen molar-refractivity contribution in [1.82, 2.24) is 5.32 Å². The number of hydrogen-bond acceptors (Lipinski definition) is 2. The Hall–Kier alpha value is -1.52. The summed E-state index contributed by atoms with van der Waals surface area (Å²) in [7, 11) is 0. The number of hydrogen-bond donors (Lipinski definition) is 1. The Bertz CT molecular complexity index is 613. The van der Waals surface area contributed by atoms with Gasteiger partial charge in [0.2, 0.25) is 0 Å². The highest BCUT2D eigenvalue weighted by molar-refractivity contribution is 7.99. The molecule has 108 valence electrons. The van der Waals surface area contributed by atoms with Crippen LogP contribution in [-0.4, -0.2) is 24.0 Å². The first-order valence-corrected chi connectivity index (χ1v) is 8.55. The first-order chi connectivity index (χ1) is 10.3. The second-order valence-electron chi connectivity index (χ2n) is 4.92. The molecular weight excluding hydrogens is 296 g/mol. The molecule has 1 heterocycles. The van der Waals surface area contributed by atoms with Crippen LogP contribution in [0.15, 0.2) is 59.5 Å². The van der Waals surface area contributed by atoms with Crippen LogP contribution in [0.3, 0.4) is 0 Å². The van der Waals surface area contributed by atoms with Crippen LogP contribution in [0.2, 0.25) is 0 Å². The Morgan fingerprint density at radius 3 is 2.71 bits per heavy atom. The van der Waals surface area contributed by atoms with Crippen molar-refractivity contribution in [1.29, 1.82) is 0 Å². The Labute approximate surface area is 135 Å². The second-order valence-corrected chi connectivity index (χ2v) is 6.48. The highest BCUT2D eigenvalue weighted by atomic mass is 32.2. The van der Waals surface area contributed by atoms with Crippen LogP contribution in [0.5, 0.6) is 0 Å². The third-order valence-corrected chi connectivity index (χ3v) is 4.90. The van der Waals surface area contributed by atoms with E-state index in [1.54, 1.807) is 0 Å². The molecule has 0 saturated carbocycles. The Morgan fingerprint density at radius 2 is 1.86 bits per heavy atom. The smallest absolute Gasteiger partial charge is 0.173 e. The molecule has 1 aliphatic heterocycles. The molecule has 0 saturated heterocycles. The van der Waals surface area contributed by atoms with Crippen molar-refractivity contribution in [2.45, 2.75) is 11.3 Å². The van der Waals surface area contributed by atoms with Crippen molar-refractivity contribution >= 4 is 34.8 Å². The van der Waals surface area contributed by atoms with E-state index in [0.29, 0.717) is 0 Å². The van der Waals surface area contributed by atoms with Crippen LogP contribution in [0.25, 0.3) is 0 Å². The largest absolute Gasteiger partial charge is 0.361 e. The predicted octanol–water partition coefficient (Wildman–Crippen LogP) is 3.72. The van der Waals surface area contributed by atoms with Crippen LogP contribution in [-0.2, 0) is 6.42 Å². The summed E-state index contributed by atoms with van der Waals surface area (Å²) in [6, 6.07) is 19.0. The fourth-order valence-corrected chi connectivity index (χ4v) is 3.57. The standard InChI is InChI=1S/C17H18N2S2/c20-17(18-11-13-21-15-7-2-1-3-8-15)19-12-10-14-6-4-5-9-16(14)19/h1-9H,10-13H2,(H,18,20). The molecule has 0 aromatic heterocycles. The number of nitrogens with one attached hydrogen (secondary N) is 1. The molecular formula is C17H18N2S2. The number of nitrogens with zero attached hydrogens (tertiary/aromatic N) is 1. The number of thiocarbonyl (C=S) groups is 1. The zero-order valence-electron chi connectivity index (χ0n) is 11.8. The van der Waals surface area contributed by atoms with Gasteiger partial charge in [0.15, 0.2) is 5.11 Å². The predicted molar refractivity (Wildman–Crippen MR) is 95.3 cm³/mol. The van der Waals surface area contributed by atoms with Gasteiger partial charge < -0.3 is 10.2 Å². The van der Waals surface area contributed by atoms with Gasteiger partial charge in [-0.1, -0.05) is 36.4 Å². The molecule has 0 bridgehead atoms. The highest BCUT2D eigenvalue weighted by Gasteiger charge is 2.21. The second kappa shape index (κ2) is 6.96. The molecule has 3 rings (SSSR count). The topological polar surface area (TPSA) is 15.3 Å². The SMILES string of the molecule is S=C(NCCSc1ccccc1)N1CCc2ccccc21. The van der Waals surface area contributed by atoms with E-state index in [0.717, 1.165) is 30.4 Å². The minimum atomic E-state index is 0.841. The summed E-state index contributed by atoms with van der Waals surface area (Å²) < 4.78 is 0. The number of thioether (sulfide) groups is 1. The summed E-state index contributed by atoms with van der Waals surface area (Å²) in [4.78, 5) is 3.51. The van der Waals surface area contributed by atoms with E-state index >= 15 is 0 Å². The lowest BCUT2D eigenvalue weighted by atomic mass is 10.2. The third kappa shape index (κ3) is 3.57. The van der Waals surface area contributed by atoms with Gasteiger partial charge in [0, 0.05) is 29.4 Å². The third-order valence-electron chi connectivity index (χ3n) is 3.52. The molecule has 4 heteroatoms. The van der Waals surface area contributed by atoms with E-state index in [1.807, 2.05) is 17.8 Å². The number of anilines is 1. The van der Waals surface area contributed by atoms with E-state index in [4.69, 9.17) is 12.2 Å². The van der Waals surface area contributed by atoms with E-state index < -0.39 is 0 Å². The lowest BCUT2D eigenvalue weighted by Crippen LogP contribution is -2.39. The van der Waals surface area contributed by atoms with Crippen LogP contribution in [0.1, 0.15) is 5.56 Å². The zero-order chi connectivity index (χ0) is 14.5. The Morgan fingerprint density at radius 1 is 1.10 bits per heavy atom. The molecule has 0 spiro atoms. The van der Waals surface area contributed by atoms with Gasteiger partial charge in [-0.2, -0.15) is 0 Å². The van der Waals surface area contributed by atoms with Crippen molar-refractivity contribution < 1.29 is 0 Å². The highest BCUT2D eigenvalue weighted by Crippen LogP contribution is 2.27. The molecule has 21 heavy (non-hydrogen) atoms. The van der Waals surface area contributed by atoms with Crippen molar-refractivity contribution in [2.75, 3.05) is 23.7 Å². The van der Waals surface area contributed by atoms with Crippen molar-refractivity contribution in [3.63, 3.8) is 0 Å². The monoisotopic (exact) mass is 314 g/mol. The summed E-state index contributed by atoms with van der Waals surface area (Å²) >= 11 is 7.38. The molecule has 0 radical (unpaired) electrons. The first kappa shape index (κ1) is 14.4. The maximum absolute atomic E-state index is 5.53. The lowest BCUT2D eigenvalue weighted by molar-refractivity contribution is 0.933. The fraction of sp³-hybridized carbons (Fsp3) is 0.235. The average Bonchev–Trinajstić information content (AvgIpc) is 2.96. The number of rotatable bonds is 4. The first-order valence-electron chi connectivity index (χ1n) is 7.16. The van der Waals surface area contributed by atoms with Gasteiger partial charge in [0.25, 0.3) is 0 Å². The molecule has 0 fully saturated rings. The van der Waals surface area contributed by atoms with Crippen molar-refractivity contribution in [2.24, 2.45) is 0 Å². The molecule has 2 aromatic carbocycles. The molecule has 2 aromatic rings. The van der Waals surface area contributed by atoms with Crippen molar-refractivity contribution in [3.8, 4) is 0 Å². The summed E-state index contributed by atoms with van der Waals surface area (Å²) in [5.41, 5.74) is 2.64. The molecule has 2 nitrogen and oxygen atoms in total. The van der Waals surface area contributed by atoms with Gasteiger partial charge in [-0.25, -0.2) is 0 Å². The molecule has 1 N–H and O–H groups in total. The Kier molecular flexibility index (Phi) is 4.78. The minimum Gasteiger partial charge on any atom is -0.361 e. The Balaban J connectivity index is 1.47. The van der Waals surface area contributed by atoms with Crippen LogP contribution in [0, 0.1) is 0 Å². The van der Waals surface area contributed by atoms with Gasteiger partial charge in [0.05, 0.1) is 0 Å². The van der Waals surface area contributed by atoms with Crippen LogP contribution in [0.4, 0.5) is 5.69 Å². The summed E-state index contributed by atoms with van der Waals surface area (Å²) in [5.74, 6) is 1.01. The molecule has 0 amide bonds. The van der Waals surface area contributed by atoms with E-state index in [1.165, 1.54) is 16.1 Å². The quantitative estimate of drug-likeness (QED) is 0.525. The van der Waals surface area contributed by atoms with Crippen molar-refractivity contribution in [3.05, 3.63) is 60.2 Å². The fourth-order valence-electron chi connectivity index (χ4n) is 2.49. The van der Waals surface area contributed by atoms with Gasteiger partial charge in [-0.05, 0) is 42.4 Å². The molecule has 1 aliphatic rings. The van der Waals surface area contributed by atoms with Gasteiger partial charge in [-0.3, -0.25) is 0 Å². The normalized spacial score (nSPS) is 13.0. The zero-order valence-corrected chi connectivity index (χ0v) is 13.4. The van der Waals surface area contributed by atoms with Gasteiger partial charge in [0.1, 0.15) is 0 Å². The van der Waals surface area contributed by atoms with E-state index in [9.17, 15) is 0 Å². The number of para-hydroxylation sites is 1. The summed E-state index contributed by atoms with van der Waals surface area (Å²) in [6.07, 6.45) is 1.08. The summed E-state index contributed by atoms with van der Waals surface area (Å²) in [5, 5.41) is 4.21. The molecule has 0 atom stereocenters. The van der Waals surface area contributed by atoms with Gasteiger partial charge >= 0.3 is 0 Å². The number of fused-ring (bicyclic) bond motifs is 1. The number of benzene rings is 2. The van der Waals surface area contributed by atoms with Crippen LogP contribution >= 0.6 is 24.0 Å². The summed E-state index contributed by atoms with van der Waals surface area (Å²) in [6.45, 7) is 1.87. The molecule has 0 unspecified atom stereocenters. The van der Waals surface area contributed by atoms with Gasteiger partial charge in [-0.15, -0.1) is 11.8 Å². The lowest BCUT2D eigenvalue weighted by Gasteiger charge is -2.21. The van der Waals surface area contributed by atoms with E-state index in [2.05, 4.69) is 58.7 Å².